The largest absolute Gasteiger partial charge is 0.448 e. The number of hydrogen-bond acceptors (Lipinski definition) is 4. The summed E-state index contributed by atoms with van der Waals surface area (Å²) in [6.07, 6.45) is -1.26. The lowest BCUT2D eigenvalue weighted by atomic mass is 9.99. The number of rotatable bonds is 3. The number of nitrogens with zero attached hydrogens (tertiary/aromatic N) is 1. The summed E-state index contributed by atoms with van der Waals surface area (Å²) in [6.45, 7) is 5.38. The van der Waals surface area contributed by atoms with Crippen LogP contribution >= 0.6 is 0 Å². The lowest BCUT2D eigenvalue weighted by Crippen LogP contribution is -2.36. The lowest BCUT2D eigenvalue weighted by Gasteiger charge is -2.21. The summed E-state index contributed by atoms with van der Waals surface area (Å²) in [7, 11) is -5.23. The third kappa shape index (κ3) is 4.86. The molecular weight excluding hydrogens is 273 g/mol. The molecule has 0 heterocycles. The Balaban J connectivity index is 2.98. The molecule has 1 amide bonds. The third-order valence-corrected chi connectivity index (χ3v) is 2.80. The minimum absolute atomic E-state index is 0.00125. The molecule has 0 aliphatic heterocycles. The summed E-state index contributed by atoms with van der Waals surface area (Å²) in [6, 6.07) is 7.20. The van der Waals surface area contributed by atoms with E-state index in [1.54, 1.807) is 26.8 Å². The van der Waals surface area contributed by atoms with Crippen LogP contribution in [0.4, 0.5) is 14.4 Å². The Labute approximate surface area is 112 Å². The van der Waals surface area contributed by atoms with E-state index in [-0.39, 0.29) is 22.0 Å². The first-order chi connectivity index (χ1) is 8.61. The van der Waals surface area contributed by atoms with E-state index in [9.17, 15) is 17.1 Å². The summed E-state index contributed by atoms with van der Waals surface area (Å²) < 4.78 is 40.1. The van der Waals surface area contributed by atoms with Gasteiger partial charge in [-0.1, -0.05) is 42.9 Å². The van der Waals surface area contributed by atoms with Gasteiger partial charge in [0, 0.05) is 0 Å². The average Bonchev–Trinajstić information content (AvgIpc) is 2.25. The maximum atomic E-state index is 13.2. The maximum absolute atomic E-state index is 13.2. The van der Waals surface area contributed by atoms with Crippen LogP contribution in [0.15, 0.2) is 30.3 Å². The summed E-state index contributed by atoms with van der Waals surface area (Å²) in [5, 5.41) is 0. The molecule has 0 bridgehead atoms. The Kier molecular flexibility index (Phi) is 4.52. The zero-order chi connectivity index (χ0) is 14.7. The number of ether oxygens (including phenoxy) is 1. The third-order valence-electron chi connectivity index (χ3n) is 2.00. The van der Waals surface area contributed by atoms with Gasteiger partial charge in [-0.25, -0.2) is 4.79 Å². The van der Waals surface area contributed by atoms with Crippen molar-refractivity contribution in [3.63, 3.8) is 0 Å². The number of anilines is 1. The zero-order valence-electron chi connectivity index (χ0n) is 11.0. The molecule has 0 aromatic heterocycles. The van der Waals surface area contributed by atoms with Crippen molar-refractivity contribution in [2.45, 2.75) is 20.8 Å². The average molecular weight is 289 g/mol. The van der Waals surface area contributed by atoms with Gasteiger partial charge < -0.3 is 4.74 Å². The fourth-order valence-electron chi connectivity index (χ4n) is 1.22. The number of hydrogen-bond donors (Lipinski definition) is 0. The van der Waals surface area contributed by atoms with E-state index >= 15 is 0 Å². The van der Waals surface area contributed by atoms with E-state index in [1.807, 2.05) is 0 Å². The van der Waals surface area contributed by atoms with Gasteiger partial charge in [0.1, 0.15) is 0 Å². The van der Waals surface area contributed by atoms with Crippen LogP contribution in [0, 0.1) is 5.41 Å². The van der Waals surface area contributed by atoms with E-state index in [1.165, 1.54) is 24.3 Å². The first-order valence-corrected chi connectivity index (χ1v) is 6.92. The lowest BCUT2D eigenvalue weighted by molar-refractivity contribution is 0.115. The van der Waals surface area contributed by atoms with Gasteiger partial charge in [-0.05, 0) is 17.5 Å². The number of amides is 1. The molecule has 5 nitrogen and oxygen atoms in total. The molecule has 0 radical (unpaired) electrons. The fraction of sp³-hybridized carbons (Fsp3) is 0.417. The Hall–Kier alpha value is -1.63. The molecule has 0 aliphatic carbocycles. The summed E-state index contributed by atoms with van der Waals surface area (Å²) in [4.78, 5) is 11.7. The van der Waals surface area contributed by atoms with Gasteiger partial charge in [0.15, 0.2) is 0 Å². The van der Waals surface area contributed by atoms with Crippen molar-refractivity contribution in [3.05, 3.63) is 30.3 Å². The maximum Gasteiger partial charge on any atom is 0.430 e. The van der Waals surface area contributed by atoms with Crippen LogP contribution in [-0.2, 0) is 15.1 Å². The van der Waals surface area contributed by atoms with Gasteiger partial charge >= 0.3 is 16.5 Å². The molecule has 0 atom stereocenters. The minimum Gasteiger partial charge on any atom is -0.448 e. The number of para-hydroxylation sites is 1. The van der Waals surface area contributed by atoms with Crippen LogP contribution in [0.1, 0.15) is 20.8 Å². The van der Waals surface area contributed by atoms with Crippen LogP contribution in [-0.4, -0.2) is 21.1 Å². The summed E-state index contributed by atoms with van der Waals surface area (Å²) in [5.41, 5.74) is -0.457. The topological polar surface area (TPSA) is 63.7 Å². The van der Waals surface area contributed by atoms with E-state index in [4.69, 9.17) is 4.74 Å². The van der Waals surface area contributed by atoms with Crippen LogP contribution in [0.2, 0.25) is 0 Å². The number of benzene rings is 1. The molecular formula is C12H16FNO4S. The second-order valence-corrected chi connectivity index (χ2v) is 6.35. The Morgan fingerprint density at radius 3 is 2.21 bits per heavy atom. The number of carbonyl (C=O) groups is 1. The second-order valence-electron chi connectivity index (χ2n) is 5.16. The first-order valence-electron chi connectivity index (χ1n) is 5.58. The van der Waals surface area contributed by atoms with Gasteiger partial charge in [-0.3, -0.25) is 0 Å². The minimum atomic E-state index is -5.23. The predicted molar refractivity (Wildman–Crippen MR) is 69.8 cm³/mol. The van der Waals surface area contributed by atoms with Gasteiger partial charge in [-0.15, -0.1) is 4.31 Å². The highest BCUT2D eigenvalue weighted by molar-refractivity contribution is 7.88. The molecule has 0 aliphatic rings. The monoisotopic (exact) mass is 289 g/mol. The Bertz CT molecular complexity index is 537. The van der Waals surface area contributed by atoms with E-state index in [0.29, 0.717) is 0 Å². The molecule has 0 saturated carbocycles. The van der Waals surface area contributed by atoms with Crippen molar-refractivity contribution in [1.82, 2.24) is 0 Å². The zero-order valence-corrected chi connectivity index (χ0v) is 11.8. The first kappa shape index (κ1) is 15.4. The molecule has 0 fully saturated rings. The normalized spacial score (nSPS) is 12.0. The van der Waals surface area contributed by atoms with E-state index in [2.05, 4.69) is 0 Å². The van der Waals surface area contributed by atoms with Gasteiger partial charge in [0.2, 0.25) is 0 Å². The van der Waals surface area contributed by atoms with Crippen molar-refractivity contribution in [2.24, 2.45) is 5.41 Å². The van der Waals surface area contributed by atoms with Gasteiger partial charge in [0.05, 0.1) is 12.3 Å². The van der Waals surface area contributed by atoms with Crippen LogP contribution < -0.4 is 4.31 Å². The van der Waals surface area contributed by atoms with E-state index < -0.39 is 16.5 Å². The smallest absolute Gasteiger partial charge is 0.430 e. The highest BCUT2D eigenvalue weighted by Gasteiger charge is 2.31. The highest BCUT2D eigenvalue weighted by Crippen LogP contribution is 2.21. The van der Waals surface area contributed by atoms with Crippen LogP contribution in [0.3, 0.4) is 0 Å². The summed E-state index contributed by atoms with van der Waals surface area (Å²) in [5.74, 6) is 0. The number of carbonyl (C=O) groups excluding carboxylic acids is 1. The highest BCUT2D eigenvalue weighted by atomic mass is 32.3. The fourth-order valence-corrected chi connectivity index (χ4v) is 1.82. The standard InChI is InChI=1S/C12H16FNO4S/c1-12(2,3)9-18-11(15)14(19(13,16)17)10-7-5-4-6-8-10/h4-8H,9H2,1-3H3. The molecule has 1 aromatic rings. The van der Waals surface area contributed by atoms with E-state index in [0.717, 1.165) is 0 Å². The predicted octanol–water partition coefficient (Wildman–Crippen LogP) is 2.89. The molecule has 1 rings (SSSR count). The SMILES string of the molecule is CC(C)(C)COC(=O)N(c1ccccc1)S(=O)(=O)F. The summed E-state index contributed by atoms with van der Waals surface area (Å²) >= 11 is 0. The molecule has 0 unspecified atom stereocenters. The molecule has 0 spiro atoms. The second kappa shape index (κ2) is 5.56. The molecule has 19 heavy (non-hydrogen) atoms. The van der Waals surface area contributed by atoms with Crippen molar-refractivity contribution >= 4 is 22.2 Å². The Morgan fingerprint density at radius 1 is 1.26 bits per heavy atom. The van der Waals surface area contributed by atoms with Crippen molar-refractivity contribution in [1.29, 1.82) is 0 Å². The molecule has 1 aromatic carbocycles. The molecule has 0 N–H and O–H groups in total. The van der Waals surface area contributed by atoms with Crippen molar-refractivity contribution in [3.8, 4) is 0 Å². The molecule has 0 saturated heterocycles. The molecule has 7 heteroatoms. The number of halogens is 1. The van der Waals surface area contributed by atoms with Gasteiger partial charge in [-0.2, -0.15) is 8.42 Å². The van der Waals surface area contributed by atoms with Crippen molar-refractivity contribution < 1.29 is 21.8 Å². The quantitative estimate of drug-likeness (QED) is 0.803. The van der Waals surface area contributed by atoms with Crippen LogP contribution in [0.25, 0.3) is 0 Å². The molecule has 106 valence electrons. The van der Waals surface area contributed by atoms with Crippen molar-refractivity contribution in [2.75, 3.05) is 10.9 Å². The van der Waals surface area contributed by atoms with Gasteiger partial charge in [0.25, 0.3) is 0 Å². The van der Waals surface area contributed by atoms with Crippen LogP contribution in [0.5, 0.6) is 0 Å². The Morgan fingerprint density at radius 2 is 1.79 bits per heavy atom.